The molecule has 0 aromatic heterocycles. The van der Waals surface area contributed by atoms with E-state index in [-0.39, 0.29) is 5.91 Å². The minimum atomic E-state index is -0.145. The lowest BCUT2D eigenvalue weighted by molar-refractivity contribution is -0.126. The van der Waals surface area contributed by atoms with Gasteiger partial charge in [-0.2, -0.15) is 15.1 Å². The number of hydrogen-bond donors (Lipinski definition) is 0. The molecule has 0 N–H and O–H groups in total. The molecule has 1 rings (SSSR count). The Kier molecular flexibility index (Phi) is 1.42. The maximum absolute atomic E-state index is 10.5. The normalized spacial score (nSPS) is 14.6. The summed E-state index contributed by atoms with van der Waals surface area (Å²) in [6.45, 7) is 1.42. The first-order valence-electron chi connectivity index (χ1n) is 2.41. The fourth-order valence-electron chi connectivity index (χ4n) is 0.408. The lowest BCUT2D eigenvalue weighted by Gasteiger charge is -2.06. The molecule has 0 saturated heterocycles. The van der Waals surface area contributed by atoms with Gasteiger partial charge in [0.25, 0.3) is 0 Å². The minimum Gasteiger partial charge on any atom is -0.273 e. The predicted octanol–water partition coefficient (Wildman–Crippen LogP) is -0.0248. The van der Waals surface area contributed by atoms with Gasteiger partial charge in [-0.15, -0.1) is 0 Å². The molecule has 0 radical (unpaired) electrons. The van der Waals surface area contributed by atoms with Crippen molar-refractivity contribution in [3.63, 3.8) is 0 Å². The average Bonchev–Trinajstić information content (AvgIpc) is 1.90. The number of rotatable bonds is 0. The van der Waals surface area contributed by atoms with Gasteiger partial charge in [0.2, 0.25) is 5.91 Å². The van der Waals surface area contributed by atoms with Gasteiger partial charge in [-0.3, -0.25) is 4.79 Å². The number of hydrogen-bond acceptors (Lipinski definition) is 3. The van der Waals surface area contributed by atoms with Crippen LogP contribution in [0.1, 0.15) is 6.92 Å². The predicted molar refractivity (Wildman–Crippen MR) is 33.0 cm³/mol. The number of amides is 1. The summed E-state index contributed by atoms with van der Waals surface area (Å²) < 4.78 is 0. The molecule has 0 fully saturated rings. The molecule has 0 aliphatic carbocycles. The highest BCUT2D eigenvalue weighted by molar-refractivity contribution is 5.80. The Morgan fingerprint density at radius 3 is 2.89 bits per heavy atom. The first-order valence-corrected chi connectivity index (χ1v) is 2.41. The molecule has 1 aliphatic rings. The molecule has 1 aliphatic heterocycles. The second kappa shape index (κ2) is 2.24. The topological polar surface area (TPSA) is 45.0 Å². The van der Waals surface area contributed by atoms with Crippen LogP contribution in [-0.2, 0) is 4.79 Å². The summed E-state index contributed by atoms with van der Waals surface area (Å²) in [5, 5.41) is 4.76. The second-order valence-corrected chi connectivity index (χ2v) is 1.48. The SMILES string of the molecule is CC(=O)N1C=C=NC=N1. The summed E-state index contributed by atoms with van der Waals surface area (Å²) in [6, 6.07) is 0. The van der Waals surface area contributed by atoms with Crippen LogP contribution < -0.4 is 0 Å². The van der Waals surface area contributed by atoms with Gasteiger partial charge in [-0.25, -0.2) is 0 Å². The van der Waals surface area contributed by atoms with Gasteiger partial charge in [-0.05, 0) is 0 Å². The van der Waals surface area contributed by atoms with E-state index in [9.17, 15) is 4.79 Å². The summed E-state index contributed by atoms with van der Waals surface area (Å²) in [7, 11) is 0. The van der Waals surface area contributed by atoms with Crippen molar-refractivity contribution in [3.05, 3.63) is 6.20 Å². The van der Waals surface area contributed by atoms with E-state index in [2.05, 4.69) is 16.0 Å². The van der Waals surface area contributed by atoms with Gasteiger partial charge in [0, 0.05) is 12.8 Å². The van der Waals surface area contributed by atoms with E-state index in [0.717, 1.165) is 5.01 Å². The van der Waals surface area contributed by atoms with Crippen LogP contribution in [0.5, 0.6) is 0 Å². The Hall–Kier alpha value is -1.41. The lowest BCUT2D eigenvalue weighted by Crippen LogP contribution is -2.17. The van der Waals surface area contributed by atoms with Crippen molar-refractivity contribution < 1.29 is 4.79 Å². The summed E-state index contributed by atoms with van der Waals surface area (Å²) in [6.07, 6.45) is 2.64. The van der Waals surface area contributed by atoms with Crippen molar-refractivity contribution in [1.29, 1.82) is 0 Å². The summed E-state index contributed by atoms with van der Waals surface area (Å²) in [4.78, 5) is 14.0. The Bertz CT molecular complexity index is 212. The van der Waals surface area contributed by atoms with Gasteiger partial charge >= 0.3 is 0 Å². The maximum atomic E-state index is 10.5. The highest BCUT2D eigenvalue weighted by Crippen LogP contribution is 1.90. The van der Waals surface area contributed by atoms with Crippen LogP contribution in [0.3, 0.4) is 0 Å². The van der Waals surface area contributed by atoms with E-state index >= 15 is 0 Å². The number of nitrogens with zero attached hydrogens (tertiary/aromatic N) is 3. The van der Waals surface area contributed by atoms with E-state index in [1.54, 1.807) is 0 Å². The van der Waals surface area contributed by atoms with Crippen molar-refractivity contribution in [2.45, 2.75) is 6.92 Å². The Morgan fingerprint density at radius 1 is 1.78 bits per heavy atom. The summed E-state index contributed by atoms with van der Waals surface area (Å²) in [5.41, 5.74) is 0. The van der Waals surface area contributed by atoms with Crippen LogP contribution >= 0.6 is 0 Å². The van der Waals surface area contributed by atoms with Crippen molar-refractivity contribution >= 4 is 18.1 Å². The zero-order valence-corrected chi connectivity index (χ0v) is 4.90. The van der Waals surface area contributed by atoms with Crippen LogP contribution in [0.4, 0.5) is 0 Å². The quantitative estimate of drug-likeness (QED) is 0.446. The monoisotopic (exact) mass is 123 g/mol. The highest BCUT2D eigenvalue weighted by atomic mass is 16.2. The van der Waals surface area contributed by atoms with Gasteiger partial charge < -0.3 is 0 Å². The minimum absolute atomic E-state index is 0.145. The molecular formula is C5H5N3O. The third-order valence-electron chi connectivity index (χ3n) is 0.811. The summed E-state index contributed by atoms with van der Waals surface area (Å²) in [5.74, 6) is 2.33. The lowest BCUT2D eigenvalue weighted by atomic mass is 10.7. The van der Waals surface area contributed by atoms with Crippen LogP contribution in [-0.4, -0.2) is 23.1 Å². The van der Waals surface area contributed by atoms with Gasteiger partial charge in [0.15, 0.2) is 0 Å². The molecule has 4 heteroatoms. The van der Waals surface area contributed by atoms with Crippen LogP contribution in [0.15, 0.2) is 16.3 Å². The van der Waals surface area contributed by atoms with Crippen LogP contribution in [0, 0.1) is 0 Å². The van der Waals surface area contributed by atoms with Crippen LogP contribution in [0.2, 0.25) is 0 Å². The molecule has 0 saturated carbocycles. The molecule has 0 bridgehead atoms. The smallest absolute Gasteiger partial charge is 0.244 e. The maximum Gasteiger partial charge on any atom is 0.244 e. The molecule has 46 valence electrons. The molecule has 0 atom stereocenters. The van der Waals surface area contributed by atoms with E-state index < -0.39 is 0 Å². The van der Waals surface area contributed by atoms with Gasteiger partial charge in [-0.1, -0.05) is 0 Å². The van der Waals surface area contributed by atoms with Crippen molar-refractivity contribution in [2.75, 3.05) is 0 Å². The highest BCUT2D eigenvalue weighted by Gasteiger charge is 2.01. The Morgan fingerprint density at radius 2 is 2.56 bits per heavy atom. The molecular weight excluding hydrogens is 118 g/mol. The number of hydrazone groups is 1. The van der Waals surface area contributed by atoms with Gasteiger partial charge in [0.1, 0.15) is 6.34 Å². The summed E-state index contributed by atoms with van der Waals surface area (Å²) >= 11 is 0. The zero-order valence-electron chi connectivity index (χ0n) is 4.90. The molecule has 1 heterocycles. The van der Waals surface area contributed by atoms with E-state index in [1.807, 2.05) is 0 Å². The fraction of sp³-hybridized carbons (Fsp3) is 0.200. The largest absolute Gasteiger partial charge is 0.273 e. The van der Waals surface area contributed by atoms with Crippen LogP contribution in [0.25, 0.3) is 0 Å². The molecule has 0 aromatic rings. The van der Waals surface area contributed by atoms with E-state index in [1.165, 1.54) is 19.5 Å². The first-order chi connectivity index (χ1) is 4.30. The van der Waals surface area contributed by atoms with Crippen molar-refractivity contribution in [2.24, 2.45) is 10.1 Å². The van der Waals surface area contributed by atoms with Crippen molar-refractivity contribution in [3.8, 4) is 0 Å². The third kappa shape index (κ3) is 1.24. The Balaban J connectivity index is 2.76. The molecule has 0 spiro atoms. The van der Waals surface area contributed by atoms with Crippen molar-refractivity contribution in [1.82, 2.24) is 5.01 Å². The first kappa shape index (κ1) is 5.72. The van der Waals surface area contributed by atoms with E-state index in [4.69, 9.17) is 0 Å². The zero-order chi connectivity index (χ0) is 6.69. The second-order valence-electron chi connectivity index (χ2n) is 1.48. The molecule has 0 unspecified atom stereocenters. The molecule has 0 aromatic carbocycles. The van der Waals surface area contributed by atoms with E-state index in [0.29, 0.717) is 0 Å². The number of carbonyl (C=O) groups excluding carboxylic acids is 1. The molecule has 1 amide bonds. The fourth-order valence-corrected chi connectivity index (χ4v) is 0.408. The molecule has 9 heavy (non-hydrogen) atoms. The average molecular weight is 123 g/mol. The number of carbonyl (C=O) groups is 1. The standard InChI is InChI=1S/C5H5N3O/c1-5(9)8-3-2-6-4-7-8/h3-4H,1H3. The molecule has 4 nitrogen and oxygen atoms in total. The number of aliphatic imine (C=N–C) groups is 1. The van der Waals surface area contributed by atoms with Gasteiger partial charge in [0.05, 0.1) is 6.20 Å². The Labute approximate surface area is 52.2 Å². The third-order valence-corrected chi connectivity index (χ3v) is 0.811.